The lowest BCUT2D eigenvalue weighted by Crippen LogP contribution is -2.53. The van der Waals surface area contributed by atoms with Gasteiger partial charge in [-0.2, -0.15) is 0 Å². The molecule has 0 aromatic rings. The minimum absolute atomic E-state index is 0.340. The molecular weight excluding hydrogens is 212 g/mol. The maximum Gasteiger partial charge on any atom is 0.393 e. The van der Waals surface area contributed by atoms with Gasteiger partial charge in [-0.15, -0.1) is 0 Å². The van der Waals surface area contributed by atoms with E-state index in [2.05, 4.69) is 0 Å². The van der Waals surface area contributed by atoms with E-state index in [0.717, 1.165) is 0 Å². The third-order valence-corrected chi connectivity index (χ3v) is 4.84. The van der Waals surface area contributed by atoms with Crippen molar-refractivity contribution in [1.82, 2.24) is 0 Å². The van der Waals surface area contributed by atoms with Crippen LogP contribution in [0, 0.1) is 0 Å². The van der Waals surface area contributed by atoms with Gasteiger partial charge >= 0.3 is 8.56 Å². The third kappa shape index (κ3) is 5.08. The summed E-state index contributed by atoms with van der Waals surface area (Å²) in [5, 5.41) is 0. The molecule has 0 bridgehead atoms. The molecule has 0 aromatic carbocycles. The van der Waals surface area contributed by atoms with E-state index < -0.39 is 8.56 Å². The summed E-state index contributed by atoms with van der Waals surface area (Å²) in [6.45, 7) is 12.2. The highest BCUT2D eigenvalue weighted by Crippen LogP contribution is 2.17. The molecule has 0 amide bonds. The van der Waals surface area contributed by atoms with E-state index >= 15 is 0 Å². The fourth-order valence-corrected chi connectivity index (χ4v) is 3.85. The van der Waals surface area contributed by atoms with Gasteiger partial charge < -0.3 is 18.3 Å². The molecule has 0 spiro atoms. The number of hydrogen-bond acceptors (Lipinski definition) is 4. The van der Waals surface area contributed by atoms with Crippen LogP contribution in [0.2, 0.25) is 6.55 Å². The van der Waals surface area contributed by atoms with Crippen molar-refractivity contribution in [1.29, 1.82) is 0 Å². The molecule has 0 N–H and O–H groups in total. The van der Waals surface area contributed by atoms with Crippen LogP contribution in [-0.4, -0.2) is 40.9 Å². The number of ether oxygens (including phenoxy) is 2. The van der Waals surface area contributed by atoms with Crippen LogP contribution in [0.4, 0.5) is 0 Å². The van der Waals surface area contributed by atoms with Crippen LogP contribution in [0.25, 0.3) is 0 Å². The fourth-order valence-electron chi connectivity index (χ4n) is 1.40. The molecule has 0 aliphatic heterocycles. The Morgan fingerprint density at radius 3 is 1.47 bits per heavy atom. The smallest absolute Gasteiger partial charge is 0.392 e. The molecule has 4 nitrogen and oxygen atoms in total. The second kappa shape index (κ2) is 8.24. The van der Waals surface area contributed by atoms with Gasteiger partial charge in [-0.25, -0.2) is 0 Å². The summed E-state index contributed by atoms with van der Waals surface area (Å²) in [6.07, 6.45) is 0. The van der Waals surface area contributed by atoms with Gasteiger partial charge in [0.05, 0.1) is 0 Å². The zero-order valence-electron chi connectivity index (χ0n) is 10.5. The van der Waals surface area contributed by atoms with Crippen LogP contribution in [0.1, 0.15) is 27.7 Å². The molecule has 0 atom stereocenters. The Kier molecular flexibility index (Phi) is 8.27. The summed E-state index contributed by atoms with van der Waals surface area (Å²) < 4.78 is 22.5. The van der Waals surface area contributed by atoms with Crippen molar-refractivity contribution < 1.29 is 18.3 Å². The number of rotatable bonds is 9. The quantitative estimate of drug-likeness (QED) is 0.454. The maximum atomic E-state index is 5.70. The summed E-state index contributed by atoms with van der Waals surface area (Å²) in [7, 11) is -2.37. The largest absolute Gasteiger partial charge is 0.393 e. The SMILES string of the molecule is CCOC(OCC)[Si](C)(OCC)OCC. The Hall–Kier alpha value is 0.0569. The lowest BCUT2D eigenvalue weighted by molar-refractivity contribution is -0.113. The summed E-state index contributed by atoms with van der Waals surface area (Å²) in [4.78, 5) is 0. The van der Waals surface area contributed by atoms with E-state index in [-0.39, 0.29) is 5.91 Å². The molecule has 15 heavy (non-hydrogen) atoms. The molecule has 0 heterocycles. The van der Waals surface area contributed by atoms with Crippen LogP contribution < -0.4 is 0 Å². The fraction of sp³-hybridized carbons (Fsp3) is 1.00. The van der Waals surface area contributed by atoms with Gasteiger partial charge in [-0.1, -0.05) is 0 Å². The highest BCUT2D eigenvalue weighted by Gasteiger charge is 2.43. The first-order valence-electron chi connectivity index (χ1n) is 5.65. The molecule has 0 fully saturated rings. The molecule has 0 aromatic heterocycles. The zero-order chi connectivity index (χ0) is 11.7. The van der Waals surface area contributed by atoms with Gasteiger partial charge in [0.25, 0.3) is 0 Å². The lowest BCUT2D eigenvalue weighted by atomic mass is 10.8. The average Bonchev–Trinajstić information content (AvgIpc) is 2.18. The Morgan fingerprint density at radius 2 is 1.20 bits per heavy atom. The van der Waals surface area contributed by atoms with E-state index in [1.54, 1.807) is 0 Å². The Morgan fingerprint density at radius 1 is 0.800 bits per heavy atom. The molecule has 92 valence electrons. The predicted octanol–water partition coefficient (Wildman–Crippen LogP) is 2.07. The van der Waals surface area contributed by atoms with Gasteiger partial charge in [0.2, 0.25) is 0 Å². The molecule has 0 radical (unpaired) electrons. The van der Waals surface area contributed by atoms with E-state index in [1.165, 1.54) is 0 Å². The second-order valence-electron chi connectivity index (χ2n) is 3.12. The summed E-state index contributed by atoms with van der Waals surface area (Å²) in [5.74, 6) is -0.340. The molecule has 0 saturated carbocycles. The van der Waals surface area contributed by atoms with Crippen molar-refractivity contribution in [3.63, 3.8) is 0 Å². The Balaban J connectivity index is 4.48. The average molecular weight is 236 g/mol. The normalized spacial score (nSPS) is 12.4. The second-order valence-corrected chi connectivity index (χ2v) is 6.21. The highest BCUT2D eigenvalue weighted by atomic mass is 28.4. The van der Waals surface area contributed by atoms with E-state index in [0.29, 0.717) is 26.4 Å². The minimum atomic E-state index is -2.37. The monoisotopic (exact) mass is 236 g/mol. The van der Waals surface area contributed by atoms with Crippen molar-refractivity contribution in [2.75, 3.05) is 26.4 Å². The van der Waals surface area contributed by atoms with E-state index in [9.17, 15) is 0 Å². The number of hydrogen-bond donors (Lipinski definition) is 0. The van der Waals surface area contributed by atoms with Crippen LogP contribution in [0.5, 0.6) is 0 Å². The summed E-state index contributed by atoms with van der Waals surface area (Å²) in [5.41, 5.74) is 0. The van der Waals surface area contributed by atoms with Gasteiger partial charge in [0.1, 0.15) is 0 Å². The lowest BCUT2D eigenvalue weighted by Gasteiger charge is -2.32. The molecule has 0 rings (SSSR count). The first-order chi connectivity index (χ1) is 7.14. The predicted molar refractivity (Wildman–Crippen MR) is 61.9 cm³/mol. The van der Waals surface area contributed by atoms with Crippen LogP contribution in [-0.2, 0) is 18.3 Å². The first kappa shape index (κ1) is 15.1. The van der Waals surface area contributed by atoms with Crippen LogP contribution >= 0.6 is 0 Å². The van der Waals surface area contributed by atoms with Crippen LogP contribution in [0.3, 0.4) is 0 Å². The van der Waals surface area contributed by atoms with Crippen molar-refractivity contribution in [3.05, 3.63) is 0 Å². The van der Waals surface area contributed by atoms with Crippen LogP contribution in [0.15, 0.2) is 0 Å². The van der Waals surface area contributed by atoms with Crippen molar-refractivity contribution in [2.24, 2.45) is 0 Å². The molecule has 0 aliphatic carbocycles. The van der Waals surface area contributed by atoms with E-state index in [4.69, 9.17) is 18.3 Å². The van der Waals surface area contributed by atoms with Crippen molar-refractivity contribution >= 4 is 8.56 Å². The molecular formula is C10H24O4Si. The minimum Gasteiger partial charge on any atom is -0.392 e. The summed E-state index contributed by atoms with van der Waals surface area (Å²) in [6, 6.07) is 0. The topological polar surface area (TPSA) is 36.9 Å². The summed E-state index contributed by atoms with van der Waals surface area (Å²) >= 11 is 0. The van der Waals surface area contributed by atoms with E-state index in [1.807, 2.05) is 34.2 Å². The zero-order valence-corrected chi connectivity index (χ0v) is 11.5. The third-order valence-electron chi connectivity index (χ3n) is 1.93. The molecule has 5 heteroatoms. The first-order valence-corrected chi connectivity index (χ1v) is 8.05. The highest BCUT2D eigenvalue weighted by molar-refractivity contribution is 6.67. The van der Waals surface area contributed by atoms with Gasteiger partial charge in [0.15, 0.2) is 5.91 Å². The molecule has 0 unspecified atom stereocenters. The van der Waals surface area contributed by atoms with Gasteiger partial charge in [-0.3, -0.25) is 0 Å². The van der Waals surface area contributed by atoms with Gasteiger partial charge in [-0.05, 0) is 34.2 Å². The standard InChI is InChI=1S/C10H24O4Si/c1-6-11-10(12-7-2)15(5,13-8-3)14-9-4/h10H,6-9H2,1-5H3. The Bertz CT molecular complexity index is 142. The molecule has 0 saturated heterocycles. The Labute approximate surface area is 94.1 Å². The van der Waals surface area contributed by atoms with Crippen molar-refractivity contribution in [2.45, 2.75) is 40.2 Å². The molecule has 0 aliphatic rings. The van der Waals surface area contributed by atoms with Crippen molar-refractivity contribution in [3.8, 4) is 0 Å². The van der Waals surface area contributed by atoms with Gasteiger partial charge in [0, 0.05) is 26.4 Å². The maximum absolute atomic E-state index is 5.70.